The molecule has 118 valence electrons. The van der Waals surface area contributed by atoms with Gasteiger partial charge in [-0.2, -0.15) is 0 Å². The lowest BCUT2D eigenvalue weighted by Gasteiger charge is -2.12. The van der Waals surface area contributed by atoms with Crippen molar-refractivity contribution in [2.45, 2.75) is 24.3 Å². The Kier molecular flexibility index (Phi) is 6.60. The van der Waals surface area contributed by atoms with Crippen molar-refractivity contribution in [1.29, 1.82) is 0 Å². The molecule has 0 saturated carbocycles. The Bertz CT molecular complexity index is 570. The number of aliphatic hydroxyl groups excluding tert-OH is 1. The zero-order valence-corrected chi connectivity index (χ0v) is 12.7. The quantitative estimate of drug-likeness (QED) is 0.230. The van der Waals surface area contributed by atoms with E-state index in [-0.39, 0.29) is 29.1 Å². The van der Waals surface area contributed by atoms with E-state index in [1.54, 1.807) is 0 Å². The van der Waals surface area contributed by atoms with Crippen LogP contribution in [0.15, 0.2) is 34.3 Å². The molecule has 0 radical (unpaired) electrons. The third-order valence-electron chi connectivity index (χ3n) is 3.04. The van der Waals surface area contributed by atoms with E-state index in [1.165, 1.54) is 24.3 Å². The van der Waals surface area contributed by atoms with Crippen molar-refractivity contribution in [2.24, 2.45) is 10.9 Å². The van der Waals surface area contributed by atoms with Crippen molar-refractivity contribution in [3.63, 3.8) is 0 Å². The van der Waals surface area contributed by atoms with Crippen LogP contribution in [0.3, 0.4) is 0 Å². The van der Waals surface area contributed by atoms with Crippen LogP contribution in [0.4, 0.5) is 0 Å². The molecule has 7 nitrogen and oxygen atoms in total. The van der Waals surface area contributed by atoms with Gasteiger partial charge >= 0.3 is 0 Å². The largest absolute Gasteiger partial charge is 0.409 e. The van der Waals surface area contributed by atoms with Gasteiger partial charge in [0.05, 0.1) is 10.6 Å². The molecular formula is C13H21N3O4S. The summed E-state index contributed by atoms with van der Waals surface area (Å²) in [5.74, 6) is -0.107. The highest BCUT2D eigenvalue weighted by molar-refractivity contribution is 7.91. The average Bonchev–Trinajstić information content (AvgIpc) is 2.46. The van der Waals surface area contributed by atoms with E-state index >= 15 is 0 Å². The molecule has 0 spiro atoms. The second kappa shape index (κ2) is 7.96. The van der Waals surface area contributed by atoms with E-state index in [0.717, 1.165) is 0 Å². The topological polar surface area (TPSA) is 125 Å². The molecule has 0 fully saturated rings. The first-order valence-electron chi connectivity index (χ1n) is 6.55. The van der Waals surface area contributed by atoms with Crippen LogP contribution < -0.4 is 11.1 Å². The number of nitrogens with one attached hydrogen (secondary N) is 1. The van der Waals surface area contributed by atoms with Gasteiger partial charge in [0.25, 0.3) is 0 Å². The molecule has 5 N–H and O–H groups in total. The predicted octanol–water partition coefficient (Wildman–Crippen LogP) is -0.0847. The average molecular weight is 315 g/mol. The van der Waals surface area contributed by atoms with Gasteiger partial charge in [-0.15, -0.1) is 0 Å². The molecule has 1 aromatic carbocycles. The third-order valence-corrected chi connectivity index (χ3v) is 4.77. The first-order valence-corrected chi connectivity index (χ1v) is 8.21. The van der Waals surface area contributed by atoms with Crippen LogP contribution in [-0.2, 0) is 9.84 Å². The lowest BCUT2D eigenvalue weighted by molar-refractivity contribution is 0.270. The van der Waals surface area contributed by atoms with Gasteiger partial charge in [-0.1, -0.05) is 5.16 Å². The Morgan fingerprint density at radius 3 is 2.52 bits per heavy atom. The Morgan fingerprint density at radius 1 is 1.38 bits per heavy atom. The van der Waals surface area contributed by atoms with E-state index in [2.05, 4.69) is 10.5 Å². The zero-order chi connectivity index (χ0) is 15.9. The standard InChI is InChI=1S/C13H21N3O4S/c1-10(6-8-17)15-7-9-21(19,20)12-4-2-11(3-5-12)13(14)16-18/h2-5,10,15,17-18H,6-9H2,1H3,(H2,14,16). The van der Waals surface area contributed by atoms with Gasteiger partial charge < -0.3 is 21.4 Å². The normalized spacial score (nSPS) is 14.1. The smallest absolute Gasteiger partial charge is 0.179 e. The van der Waals surface area contributed by atoms with E-state index in [4.69, 9.17) is 16.0 Å². The maximum atomic E-state index is 12.1. The number of sulfone groups is 1. The fourth-order valence-corrected chi connectivity index (χ4v) is 2.92. The lowest BCUT2D eigenvalue weighted by atomic mass is 10.2. The van der Waals surface area contributed by atoms with Crippen LogP contribution >= 0.6 is 0 Å². The summed E-state index contributed by atoms with van der Waals surface area (Å²) in [5.41, 5.74) is 5.87. The molecule has 0 amide bonds. The number of nitrogens with zero attached hydrogens (tertiary/aromatic N) is 1. The molecule has 0 aliphatic heterocycles. The molecule has 0 aromatic heterocycles. The number of rotatable bonds is 8. The minimum atomic E-state index is -3.39. The van der Waals surface area contributed by atoms with Gasteiger partial charge in [-0.05, 0) is 37.6 Å². The van der Waals surface area contributed by atoms with Gasteiger partial charge in [0.15, 0.2) is 15.7 Å². The summed E-state index contributed by atoms with van der Waals surface area (Å²) >= 11 is 0. The monoisotopic (exact) mass is 315 g/mol. The number of oxime groups is 1. The summed E-state index contributed by atoms with van der Waals surface area (Å²) in [4.78, 5) is 0.189. The van der Waals surface area contributed by atoms with Crippen molar-refractivity contribution in [1.82, 2.24) is 5.32 Å². The first kappa shape index (κ1) is 17.4. The minimum Gasteiger partial charge on any atom is -0.409 e. The molecule has 1 rings (SSSR count). The number of hydrogen-bond donors (Lipinski definition) is 4. The third kappa shape index (κ3) is 5.33. The van der Waals surface area contributed by atoms with Crippen molar-refractivity contribution in [3.05, 3.63) is 29.8 Å². The van der Waals surface area contributed by atoms with Crippen LogP contribution in [0.1, 0.15) is 18.9 Å². The van der Waals surface area contributed by atoms with Gasteiger partial charge in [0, 0.05) is 24.8 Å². The zero-order valence-electron chi connectivity index (χ0n) is 11.9. The summed E-state index contributed by atoms with van der Waals surface area (Å²) in [6.07, 6.45) is 0.578. The summed E-state index contributed by atoms with van der Waals surface area (Å²) in [6, 6.07) is 5.90. The number of nitrogens with two attached hydrogens (primary N) is 1. The Hall–Kier alpha value is -1.64. The van der Waals surface area contributed by atoms with Crippen molar-refractivity contribution in [2.75, 3.05) is 18.9 Å². The van der Waals surface area contributed by atoms with Gasteiger partial charge in [-0.25, -0.2) is 8.42 Å². The molecule has 0 saturated heterocycles. The molecule has 0 heterocycles. The molecular weight excluding hydrogens is 294 g/mol. The van der Waals surface area contributed by atoms with E-state index < -0.39 is 9.84 Å². The lowest BCUT2D eigenvalue weighted by Crippen LogP contribution is -2.31. The summed E-state index contributed by atoms with van der Waals surface area (Å²) < 4.78 is 24.2. The number of aliphatic hydroxyl groups is 1. The SMILES string of the molecule is CC(CCO)NCCS(=O)(=O)c1ccc(/C(N)=N/O)cc1. The van der Waals surface area contributed by atoms with Crippen molar-refractivity contribution in [3.8, 4) is 0 Å². The van der Waals surface area contributed by atoms with Crippen LogP contribution in [-0.4, -0.2) is 49.5 Å². The molecule has 8 heteroatoms. The number of hydrogen-bond acceptors (Lipinski definition) is 6. The molecule has 21 heavy (non-hydrogen) atoms. The van der Waals surface area contributed by atoms with Crippen molar-refractivity contribution < 1.29 is 18.7 Å². The summed E-state index contributed by atoms with van der Waals surface area (Å²) in [5, 5.41) is 23.2. The number of amidine groups is 1. The maximum absolute atomic E-state index is 12.1. The molecule has 0 aliphatic carbocycles. The van der Waals surface area contributed by atoms with E-state index in [0.29, 0.717) is 18.5 Å². The second-order valence-electron chi connectivity index (χ2n) is 4.70. The van der Waals surface area contributed by atoms with Gasteiger partial charge in [-0.3, -0.25) is 0 Å². The minimum absolute atomic E-state index is 0.0360. The first-order chi connectivity index (χ1) is 9.90. The molecule has 0 bridgehead atoms. The Morgan fingerprint density at radius 2 is 2.00 bits per heavy atom. The molecule has 1 aromatic rings. The molecule has 1 atom stereocenters. The molecule has 0 aliphatic rings. The fourth-order valence-electron chi connectivity index (χ4n) is 1.74. The molecule has 1 unspecified atom stereocenters. The van der Waals surface area contributed by atoms with Crippen LogP contribution in [0.2, 0.25) is 0 Å². The fraction of sp³-hybridized carbons (Fsp3) is 0.462. The Balaban J connectivity index is 2.66. The number of benzene rings is 1. The highest BCUT2D eigenvalue weighted by atomic mass is 32.2. The maximum Gasteiger partial charge on any atom is 0.179 e. The summed E-state index contributed by atoms with van der Waals surface area (Å²) in [7, 11) is -3.39. The van der Waals surface area contributed by atoms with Crippen LogP contribution in [0.5, 0.6) is 0 Å². The highest BCUT2D eigenvalue weighted by Crippen LogP contribution is 2.12. The van der Waals surface area contributed by atoms with E-state index in [9.17, 15) is 8.42 Å². The van der Waals surface area contributed by atoms with E-state index in [1.807, 2.05) is 6.92 Å². The van der Waals surface area contributed by atoms with Crippen LogP contribution in [0.25, 0.3) is 0 Å². The van der Waals surface area contributed by atoms with Gasteiger partial charge in [0.1, 0.15) is 0 Å². The van der Waals surface area contributed by atoms with Crippen LogP contribution in [0, 0.1) is 0 Å². The predicted molar refractivity (Wildman–Crippen MR) is 80.2 cm³/mol. The second-order valence-corrected chi connectivity index (χ2v) is 6.81. The van der Waals surface area contributed by atoms with Gasteiger partial charge in [0.2, 0.25) is 0 Å². The highest BCUT2D eigenvalue weighted by Gasteiger charge is 2.15. The Labute approximate surface area is 124 Å². The summed E-state index contributed by atoms with van der Waals surface area (Å²) in [6.45, 7) is 2.26. The van der Waals surface area contributed by atoms with Crippen molar-refractivity contribution >= 4 is 15.7 Å².